The van der Waals surface area contributed by atoms with Gasteiger partial charge in [-0.05, 0) is 55.0 Å². The van der Waals surface area contributed by atoms with Crippen molar-refractivity contribution in [3.63, 3.8) is 0 Å². The number of benzene rings is 2. The Morgan fingerprint density at radius 2 is 1.76 bits per heavy atom. The van der Waals surface area contributed by atoms with E-state index in [0.29, 0.717) is 18.0 Å². The maximum absolute atomic E-state index is 12.7. The number of carbonyl (C=O) groups excluding carboxylic acids is 3. The second kappa shape index (κ2) is 9.64. The van der Waals surface area contributed by atoms with Crippen LogP contribution in [0.4, 0.5) is 10.5 Å². The molecule has 9 nitrogen and oxygen atoms in total. The van der Waals surface area contributed by atoms with Gasteiger partial charge in [-0.3, -0.25) is 9.59 Å². The number of aryl methyl sites for hydroxylation is 1. The number of hydrogen-bond acceptors (Lipinski definition) is 5. The second-order valence-electron chi connectivity index (χ2n) is 7.72. The molecular formula is C24H26N4O5. The first kappa shape index (κ1) is 22.2. The van der Waals surface area contributed by atoms with Crippen LogP contribution in [0.25, 0.3) is 10.9 Å². The highest BCUT2D eigenvalue weighted by Crippen LogP contribution is 2.24. The normalized spacial score (nSPS) is 15.6. The summed E-state index contributed by atoms with van der Waals surface area (Å²) < 4.78 is 12.5. The molecule has 0 spiro atoms. The van der Waals surface area contributed by atoms with Crippen LogP contribution in [0.5, 0.6) is 11.5 Å². The maximum atomic E-state index is 12.7. The van der Waals surface area contributed by atoms with E-state index in [-0.39, 0.29) is 12.3 Å². The van der Waals surface area contributed by atoms with Crippen LogP contribution in [0, 0.1) is 0 Å². The van der Waals surface area contributed by atoms with Crippen LogP contribution in [-0.4, -0.2) is 49.2 Å². The number of fused-ring (bicyclic) bond motifs is 1. The molecule has 4 amide bonds. The minimum absolute atomic E-state index is 0.108. The molecular weight excluding hydrogens is 424 g/mol. The smallest absolute Gasteiger partial charge is 0.329 e. The fourth-order valence-electron chi connectivity index (χ4n) is 3.88. The Balaban J connectivity index is 1.26. The van der Waals surface area contributed by atoms with Crippen LogP contribution in [0.1, 0.15) is 12.8 Å². The zero-order chi connectivity index (χ0) is 23.4. The molecule has 1 aliphatic heterocycles. The standard InChI is InChI=1S/C24H26N4O5/c1-32-18-6-4-17(5-7-18)28-23(30)20(26-24(28)31)15-22(29)25-11-3-12-27-13-10-16-14-19(33-2)8-9-21(16)27/h4-10,13-14,20H,3,11-12,15H2,1-2H3,(H,25,29)(H,26,31). The highest BCUT2D eigenvalue weighted by molar-refractivity contribution is 6.22. The average Bonchev–Trinajstić information content (AvgIpc) is 3.36. The van der Waals surface area contributed by atoms with Crippen molar-refractivity contribution in [1.29, 1.82) is 0 Å². The molecule has 2 N–H and O–H groups in total. The highest BCUT2D eigenvalue weighted by Gasteiger charge is 2.39. The summed E-state index contributed by atoms with van der Waals surface area (Å²) in [5.41, 5.74) is 1.53. The monoisotopic (exact) mass is 450 g/mol. The lowest BCUT2D eigenvalue weighted by molar-refractivity contribution is -0.125. The zero-order valence-electron chi connectivity index (χ0n) is 18.5. The third-order valence-corrected chi connectivity index (χ3v) is 5.62. The Labute approximate surface area is 191 Å². The second-order valence-corrected chi connectivity index (χ2v) is 7.72. The van der Waals surface area contributed by atoms with Crippen LogP contribution in [0.15, 0.2) is 54.7 Å². The first-order valence-electron chi connectivity index (χ1n) is 10.7. The Bertz CT molecular complexity index is 1170. The number of imide groups is 1. The van der Waals surface area contributed by atoms with E-state index in [9.17, 15) is 14.4 Å². The van der Waals surface area contributed by atoms with E-state index in [1.54, 1.807) is 31.4 Å². The van der Waals surface area contributed by atoms with Crippen molar-refractivity contribution in [2.24, 2.45) is 0 Å². The third kappa shape index (κ3) is 4.77. The van der Waals surface area contributed by atoms with Crippen molar-refractivity contribution in [2.75, 3.05) is 25.7 Å². The van der Waals surface area contributed by atoms with E-state index in [1.165, 1.54) is 7.11 Å². The molecule has 1 atom stereocenters. The van der Waals surface area contributed by atoms with Gasteiger partial charge in [-0.1, -0.05) is 0 Å². The van der Waals surface area contributed by atoms with Crippen LogP contribution in [0.2, 0.25) is 0 Å². The van der Waals surface area contributed by atoms with Crippen molar-refractivity contribution in [2.45, 2.75) is 25.4 Å². The maximum Gasteiger partial charge on any atom is 0.329 e. The van der Waals surface area contributed by atoms with E-state index < -0.39 is 18.0 Å². The summed E-state index contributed by atoms with van der Waals surface area (Å²) >= 11 is 0. The van der Waals surface area contributed by atoms with Crippen molar-refractivity contribution in [1.82, 2.24) is 15.2 Å². The van der Waals surface area contributed by atoms with Gasteiger partial charge >= 0.3 is 6.03 Å². The number of anilines is 1. The number of urea groups is 1. The Morgan fingerprint density at radius 1 is 1.03 bits per heavy atom. The molecule has 4 rings (SSSR count). The van der Waals surface area contributed by atoms with Crippen molar-refractivity contribution >= 4 is 34.4 Å². The van der Waals surface area contributed by atoms with E-state index >= 15 is 0 Å². The molecule has 2 aromatic carbocycles. The number of methoxy groups -OCH3 is 2. The Morgan fingerprint density at radius 3 is 2.48 bits per heavy atom. The number of ether oxygens (including phenoxy) is 2. The molecule has 0 aliphatic carbocycles. The largest absolute Gasteiger partial charge is 0.497 e. The van der Waals surface area contributed by atoms with Crippen molar-refractivity contribution < 1.29 is 23.9 Å². The van der Waals surface area contributed by atoms with E-state index in [1.807, 2.05) is 30.5 Å². The topological polar surface area (TPSA) is 102 Å². The average molecular weight is 450 g/mol. The van der Waals surface area contributed by atoms with Crippen molar-refractivity contribution in [3.8, 4) is 11.5 Å². The number of nitrogens with one attached hydrogen (secondary N) is 2. The number of hydrogen-bond donors (Lipinski definition) is 2. The summed E-state index contributed by atoms with van der Waals surface area (Å²) in [4.78, 5) is 38.4. The first-order valence-corrected chi connectivity index (χ1v) is 10.7. The van der Waals surface area contributed by atoms with Gasteiger partial charge in [0.1, 0.15) is 17.5 Å². The molecule has 2 heterocycles. The Kier molecular flexibility index (Phi) is 6.48. The van der Waals surface area contributed by atoms with E-state index in [2.05, 4.69) is 15.2 Å². The molecule has 1 saturated heterocycles. The molecule has 0 bridgehead atoms. The Hall–Kier alpha value is -4.01. The quantitative estimate of drug-likeness (QED) is 0.386. The van der Waals surface area contributed by atoms with Gasteiger partial charge in [0.05, 0.1) is 26.3 Å². The van der Waals surface area contributed by atoms with Crippen LogP contribution < -0.4 is 25.0 Å². The minimum Gasteiger partial charge on any atom is -0.497 e. The fourth-order valence-corrected chi connectivity index (χ4v) is 3.88. The lowest BCUT2D eigenvalue weighted by Crippen LogP contribution is -2.37. The van der Waals surface area contributed by atoms with Gasteiger partial charge in [-0.25, -0.2) is 9.69 Å². The predicted octanol–water partition coefficient (Wildman–Crippen LogP) is 2.68. The molecule has 3 aromatic rings. The lowest BCUT2D eigenvalue weighted by atomic mass is 10.2. The summed E-state index contributed by atoms with van der Waals surface area (Å²) in [6.45, 7) is 1.20. The van der Waals surface area contributed by atoms with E-state index in [4.69, 9.17) is 9.47 Å². The van der Waals surface area contributed by atoms with Crippen LogP contribution in [-0.2, 0) is 16.1 Å². The molecule has 0 radical (unpaired) electrons. The molecule has 0 saturated carbocycles. The van der Waals surface area contributed by atoms with Gasteiger partial charge in [0, 0.05) is 30.2 Å². The van der Waals surface area contributed by atoms with Gasteiger partial charge in [-0.2, -0.15) is 0 Å². The number of amides is 4. The molecule has 33 heavy (non-hydrogen) atoms. The summed E-state index contributed by atoms with van der Waals surface area (Å²) in [5.74, 6) is 0.697. The molecule has 172 valence electrons. The summed E-state index contributed by atoms with van der Waals surface area (Å²) in [5, 5.41) is 6.51. The first-order chi connectivity index (χ1) is 16.0. The van der Waals surface area contributed by atoms with Gasteiger partial charge < -0.3 is 24.7 Å². The number of rotatable bonds is 9. The van der Waals surface area contributed by atoms with Gasteiger partial charge in [-0.15, -0.1) is 0 Å². The summed E-state index contributed by atoms with van der Waals surface area (Å²) in [7, 11) is 3.18. The van der Waals surface area contributed by atoms with Gasteiger partial charge in [0.15, 0.2) is 0 Å². The summed E-state index contributed by atoms with van der Waals surface area (Å²) in [6, 6.07) is 13.1. The minimum atomic E-state index is -0.886. The highest BCUT2D eigenvalue weighted by atomic mass is 16.5. The molecule has 1 aliphatic rings. The summed E-state index contributed by atoms with van der Waals surface area (Å²) in [6.07, 6.45) is 2.63. The zero-order valence-corrected chi connectivity index (χ0v) is 18.5. The molecule has 9 heteroatoms. The lowest BCUT2D eigenvalue weighted by Gasteiger charge is -2.13. The molecule has 1 fully saturated rings. The predicted molar refractivity (Wildman–Crippen MR) is 124 cm³/mol. The van der Waals surface area contributed by atoms with Gasteiger partial charge in [0.2, 0.25) is 5.91 Å². The number of nitrogens with zero attached hydrogens (tertiary/aromatic N) is 2. The molecule has 1 aromatic heterocycles. The third-order valence-electron chi connectivity index (χ3n) is 5.62. The number of carbonyl (C=O) groups is 3. The molecule has 1 unspecified atom stereocenters. The fraction of sp³-hybridized carbons (Fsp3) is 0.292. The van der Waals surface area contributed by atoms with E-state index in [0.717, 1.165) is 34.5 Å². The van der Waals surface area contributed by atoms with Crippen molar-refractivity contribution in [3.05, 3.63) is 54.7 Å². The van der Waals surface area contributed by atoms with Crippen LogP contribution in [0.3, 0.4) is 0 Å². The van der Waals surface area contributed by atoms with Gasteiger partial charge in [0.25, 0.3) is 5.91 Å². The van der Waals surface area contributed by atoms with Crippen LogP contribution >= 0.6 is 0 Å². The number of aromatic nitrogens is 1. The SMILES string of the molecule is COc1ccc(N2C(=O)NC(CC(=O)NCCCn3ccc4cc(OC)ccc43)C2=O)cc1.